The fraction of sp³-hybridized carbons (Fsp3) is 0.462. The molecule has 0 aliphatic rings. The predicted molar refractivity (Wildman–Crippen MR) is 72.0 cm³/mol. The molecular formula is C13H17ClN2O3. The number of nitrogens with one attached hydrogen (secondary N) is 1. The first-order chi connectivity index (χ1) is 8.66. The van der Waals surface area contributed by atoms with Crippen molar-refractivity contribution >= 4 is 24.0 Å². The summed E-state index contributed by atoms with van der Waals surface area (Å²) in [7, 11) is 0. The zero-order valence-corrected chi connectivity index (χ0v) is 12.1. The summed E-state index contributed by atoms with van der Waals surface area (Å²) in [5, 5.41) is 2.77. The summed E-state index contributed by atoms with van der Waals surface area (Å²) < 4.78 is 5.13. The minimum Gasteiger partial charge on any atom is -0.444 e. The number of amides is 1. The van der Waals surface area contributed by atoms with E-state index in [1.165, 1.54) is 12.3 Å². The van der Waals surface area contributed by atoms with Gasteiger partial charge < -0.3 is 14.8 Å². The number of aldehydes is 1. The lowest BCUT2D eigenvalue weighted by molar-refractivity contribution is -0.113. The standard InChI is InChI=1S/C13H17ClN2O3/c1-12(2,3)19-11(18)16-13(4,8-17)9-5-6-15-10(14)7-9/h5-8H,1-4H3,(H,16,18). The van der Waals surface area contributed by atoms with Crippen molar-refractivity contribution in [3.8, 4) is 0 Å². The van der Waals surface area contributed by atoms with E-state index in [2.05, 4.69) is 10.3 Å². The molecule has 0 aromatic carbocycles. The van der Waals surface area contributed by atoms with Gasteiger partial charge in [0.25, 0.3) is 0 Å². The maximum atomic E-state index is 11.8. The quantitative estimate of drug-likeness (QED) is 0.684. The van der Waals surface area contributed by atoms with Crippen LogP contribution in [0.15, 0.2) is 18.3 Å². The lowest BCUT2D eigenvalue weighted by atomic mass is 9.95. The van der Waals surface area contributed by atoms with Crippen LogP contribution in [0.25, 0.3) is 0 Å². The number of hydrogen-bond donors (Lipinski definition) is 1. The molecular weight excluding hydrogens is 268 g/mol. The van der Waals surface area contributed by atoms with Crippen molar-refractivity contribution in [2.24, 2.45) is 0 Å². The van der Waals surface area contributed by atoms with Gasteiger partial charge in [-0.3, -0.25) is 0 Å². The molecule has 0 saturated heterocycles. The first-order valence-corrected chi connectivity index (χ1v) is 6.13. The molecule has 0 radical (unpaired) electrons. The van der Waals surface area contributed by atoms with Crippen molar-refractivity contribution < 1.29 is 14.3 Å². The number of halogens is 1. The molecule has 1 N–H and O–H groups in total. The van der Waals surface area contributed by atoms with E-state index in [0.29, 0.717) is 11.8 Å². The third kappa shape index (κ3) is 4.52. The molecule has 1 heterocycles. The van der Waals surface area contributed by atoms with Gasteiger partial charge in [0.2, 0.25) is 0 Å². The Morgan fingerprint density at radius 1 is 1.42 bits per heavy atom. The number of alkyl carbamates (subject to hydrolysis) is 1. The fourth-order valence-corrected chi connectivity index (χ4v) is 1.58. The average Bonchev–Trinajstić information content (AvgIpc) is 2.26. The van der Waals surface area contributed by atoms with E-state index in [1.54, 1.807) is 33.8 Å². The maximum absolute atomic E-state index is 11.8. The van der Waals surface area contributed by atoms with Crippen molar-refractivity contribution in [3.05, 3.63) is 29.0 Å². The Balaban J connectivity index is 2.93. The second kappa shape index (κ2) is 5.57. The van der Waals surface area contributed by atoms with Gasteiger partial charge in [0.15, 0.2) is 0 Å². The number of pyridine rings is 1. The number of carbonyl (C=O) groups excluding carboxylic acids is 2. The molecule has 19 heavy (non-hydrogen) atoms. The van der Waals surface area contributed by atoms with Crippen molar-refractivity contribution in [2.45, 2.75) is 38.8 Å². The van der Waals surface area contributed by atoms with Gasteiger partial charge in [-0.2, -0.15) is 0 Å². The van der Waals surface area contributed by atoms with E-state index in [-0.39, 0.29) is 5.15 Å². The number of nitrogens with zero attached hydrogens (tertiary/aromatic N) is 1. The minimum atomic E-state index is -1.21. The van der Waals surface area contributed by atoms with Crippen LogP contribution >= 0.6 is 11.6 Å². The zero-order valence-electron chi connectivity index (χ0n) is 11.4. The SMILES string of the molecule is CC(C)(C)OC(=O)NC(C)(C=O)c1ccnc(Cl)c1. The molecule has 0 saturated carbocycles. The molecule has 1 atom stereocenters. The van der Waals surface area contributed by atoms with Gasteiger partial charge in [-0.05, 0) is 45.4 Å². The van der Waals surface area contributed by atoms with E-state index in [1.807, 2.05) is 0 Å². The van der Waals surface area contributed by atoms with Crippen molar-refractivity contribution in [1.29, 1.82) is 0 Å². The average molecular weight is 285 g/mol. The van der Waals surface area contributed by atoms with Gasteiger partial charge in [0.05, 0.1) is 0 Å². The Bertz CT molecular complexity index is 485. The van der Waals surface area contributed by atoms with E-state index in [9.17, 15) is 9.59 Å². The fourth-order valence-electron chi connectivity index (χ4n) is 1.41. The Morgan fingerprint density at radius 2 is 2.05 bits per heavy atom. The summed E-state index contributed by atoms with van der Waals surface area (Å²) in [4.78, 5) is 26.9. The third-order valence-electron chi connectivity index (χ3n) is 2.32. The van der Waals surface area contributed by atoms with Crippen LogP contribution in [0.2, 0.25) is 5.15 Å². The Morgan fingerprint density at radius 3 is 2.53 bits per heavy atom. The van der Waals surface area contributed by atoms with Gasteiger partial charge >= 0.3 is 6.09 Å². The molecule has 0 bridgehead atoms. The Labute approximate surface area is 117 Å². The Hall–Kier alpha value is -1.62. The van der Waals surface area contributed by atoms with Gasteiger partial charge in [0.1, 0.15) is 22.6 Å². The lowest BCUT2D eigenvalue weighted by Crippen LogP contribution is -2.46. The lowest BCUT2D eigenvalue weighted by Gasteiger charge is -2.27. The van der Waals surface area contributed by atoms with E-state index < -0.39 is 17.2 Å². The van der Waals surface area contributed by atoms with Crippen LogP contribution in [0.1, 0.15) is 33.3 Å². The molecule has 5 nitrogen and oxygen atoms in total. The van der Waals surface area contributed by atoms with Crippen molar-refractivity contribution in [3.63, 3.8) is 0 Å². The first kappa shape index (κ1) is 15.4. The van der Waals surface area contributed by atoms with Crippen LogP contribution in [0.4, 0.5) is 4.79 Å². The van der Waals surface area contributed by atoms with Crippen LogP contribution in [-0.2, 0) is 15.1 Å². The summed E-state index contributed by atoms with van der Waals surface area (Å²) in [6.45, 7) is 6.80. The normalized spacial score (nSPS) is 14.4. The number of ether oxygens (including phenoxy) is 1. The monoisotopic (exact) mass is 284 g/mol. The van der Waals surface area contributed by atoms with E-state index in [4.69, 9.17) is 16.3 Å². The summed E-state index contributed by atoms with van der Waals surface area (Å²) in [5.74, 6) is 0. The molecule has 1 aromatic heterocycles. The predicted octanol–water partition coefficient (Wildman–Crippen LogP) is 2.67. The number of carbonyl (C=O) groups is 2. The van der Waals surface area contributed by atoms with Gasteiger partial charge in [-0.15, -0.1) is 0 Å². The molecule has 1 amide bonds. The van der Waals surface area contributed by atoms with Crippen molar-refractivity contribution in [1.82, 2.24) is 10.3 Å². The number of aromatic nitrogens is 1. The second-order valence-corrected chi connectivity index (χ2v) is 5.70. The molecule has 0 fully saturated rings. The van der Waals surface area contributed by atoms with E-state index in [0.717, 1.165) is 0 Å². The van der Waals surface area contributed by atoms with E-state index >= 15 is 0 Å². The van der Waals surface area contributed by atoms with Crippen molar-refractivity contribution in [2.75, 3.05) is 0 Å². The largest absolute Gasteiger partial charge is 0.444 e. The zero-order chi connectivity index (χ0) is 14.7. The van der Waals surface area contributed by atoms with Crippen LogP contribution in [0, 0.1) is 0 Å². The second-order valence-electron chi connectivity index (χ2n) is 5.31. The summed E-state index contributed by atoms with van der Waals surface area (Å²) in [6, 6.07) is 3.13. The van der Waals surface area contributed by atoms with Crippen LogP contribution in [0.5, 0.6) is 0 Å². The third-order valence-corrected chi connectivity index (χ3v) is 2.53. The highest BCUT2D eigenvalue weighted by atomic mass is 35.5. The smallest absolute Gasteiger partial charge is 0.408 e. The number of hydrogen-bond acceptors (Lipinski definition) is 4. The molecule has 0 aliphatic carbocycles. The van der Waals surface area contributed by atoms with Crippen LogP contribution in [-0.4, -0.2) is 23.0 Å². The minimum absolute atomic E-state index is 0.247. The van der Waals surface area contributed by atoms with Gasteiger partial charge in [-0.1, -0.05) is 11.6 Å². The molecule has 1 unspecified atom stereocenters. The van der Waals surface area contributed by atoms with Crippen LogP contribution in [0.3, 0.4) is 0 Å². The highest BCUT2D eigenvalue weighted by Gasteiger charge is 2.30. The molecule has 1 aromatic rings. The van der Waals surface area contributed by atoms with Crippen LogP contribution < -0.4 is 5.32 Å². The molecule has 1 rings (SSSR count). The maximum Gasteiger partial charge on any atom is 0.408 e. The summed E-state index contributed by atoms with van der Waals surface area (Å²) >= 11 is 5.78. The first-order valence-electron chi connectivity index (χ1n) is 5.76. The topological polar surface area (TPSA) is 68.3 Å². The molecule has 0 aliphatic heterocycles. The van der Waals surface area contributed by atoms with Gasteiger partial charge in [0, 0.05) is 6.20 Å². The molecule has 6 heteroatoms. The molecule has 104 valence electrons. The highest BCUT2D eigenvalue weighted by molar-refractivity contribution is 6.29. The summed E-state index contributed by atoms with van der Waals surface area (Å²) in [5.41, 5.74) is -1.31. The summed E-state index contributed by atoms with van der Waals surface area (Å²) in [6.07, 6.45) is 1.42. The number of rotatable bonds is 3. The Kier molecular flexibility index (Phi) is 4.52. The molecule has 0 spiro atoms. The van der Waals surface area contributed by atoms with Gasteiger partial charge in [-0.25, -0.2) is 9.78 Å². The highest BCUT2D eigenvalue weighted by Crippen LogP contribution is 2.21.